The Hall–Kier alpha value is -2.07. The van der Waals surface area contributed by atoms with Crippen LogP contribution in [0.25, 0.3) is 6.08 Å². The summed E-state index contributed by atoms with van der Waals surface area (Å²) in [5.74, 6) is 1.35. The first-order chi connectivity index (χ1) is 9.74. The van der Waals surface area contributed by atoms with E-state index in [9.17, 15) is 4.79 Å². The number of allylic oxidation sites excluding steroid dienone is 1. The van der Waals surface area contributed by atoms with E-state index < -0.39 is 0 Å². The smallest absolute Gasteiger partial charge is 0.231 e. The van der Waals surface area contributed by atoms with Gasteiger partial charge in [0.05, 0.1) is 0 Å². The lowest BCUT2D eigenvalue weighted by Gasteiger charge is -2.00. The van der Waals surface area contributed by atoms with Gasteiger partial charge in [-0.2, -0.15) is 0 Å². The van der Waals surface area contributed by atoms with Gasteiger partial charge in [-0.1, -0.05) is 28.1 Å². The summed E-state index contributed by atoms with van der Waals surface area (Å²) in [5.41, 5.74) is 1.49. The SMILES string of the molecule is O=C(/C=C/c1cccc2c1OCO2)c1ccc(Br)cc1. The highest BCUT2D eigenvalue weighted by molar-refractivity contribution is 9.10. The molecular weight excluding hydrogens is 320 g/mol. The molecule has 0 saturated carbocycles. The molecule has 0 bridgehead atoms. The van der Waals surface area contributed by atoms with E-state index in [-0.39, 0.29) is 12.6 Å². The highest BCUT2D eigenvalue weighted by Gasteiger charge is 2.15. The summed E-state index contributed by atoms with van der Waals surface area (Å²) in [5, 5.41) is 0. The number of hydrogen-bond donors (Lipinski definition) is 0. The molecule has 3 nitrogen and oxygen atoms in total. The Morgan fingerprint density at radius 1 is 1.10 bits per heavy atom. The standard InChI is InChI=1S/C16H11BrO3/c17-13-7-4-11(5-8-13)14(18)9-6-12-2-1-3-15-16(12)20-10-19-15/h1-9H,10H2/b9-6+. The number of carbonyl (C=O) groups excluding carboxylic acids is 1. The molecular formula is C16H11BrO3. The molecule has 0 amide bonds. The van der Waals surface area contributed by atoms with Gasteiger partial charge in [0.1, 0.15) is 0 Å². The van der Waals surface area contributed by atoms with Crippen molar-refractivity contribution < 1.29 is 14.3 Å². The summed E-state index contributed by atoms with van der Waals surface area (Å²) in [6.07, 6.45) is 3.29. The van der Waals surface area contributed by atoms with Crippen LogP contribution in [0, 0.1) is 0 Å². The Labute approximate surface area is 125 Å². The molecule has 20 heavy (non-hydrogen) atoms. The molecule has 0 saturated heterocycles. The Morgan fingerprint density at radius 2 is 1.90 bits per heavy atom. The number of ketones is 1. The first-order valence-corrected chi connectivity index (χ1v) is 6.90. The second-order valence-corrected chi connectivity index (χ2v) is 5.20. The molecule has 0 fully saturated rings. The van der Waals surface area contributed by atoms with Crippen LogP contribution in [0.3, 0.4) is 0 Å². The fourth-order valence-electron chi connectivity index (χ4n) is 1.96. The van der Waals surface area contributed by atoms with Gasteiger partial charge in [-0.25, -0.2) is 0 Å². The van der Waals surface area contributed by atoms with Crippen LogP contribution in [-0.4, -0.2) is 12.6 Å². The van der Waals surface area contributed by atoms with Crippen molar-refractivity contribution in [2.75, 3.05) is 6.79 Å². The molecule has 0 atom stereocenters. The van der Waals surface area contributed by atoms with Gasteiger partial charge in [0.15, 0.2) is 17.3 Å². The Balaban J connectivity index is 1.82. The molecule has 0 aromatic heterocycles. The maximum absolute atomic E-state index is 12.1. The van der Waals surface area contributed by atoms with Crippen molar-refractivity contribution in [1.29, 1.82) is 0 Å². The molecule has 1 heterocycles. The third kappa shape index (κ3) is 2.60. The molecule has 0 unspecified atom stereocenters. The minimum atomic E-state index is -0.0472. The van der Waals surface area contributed by atoms with Crippen LogP contribution in [0.5, 0.6) is 11.5 Å². The van der Waals surface area contributed by atoms with Crippen molar-refractivity contribution in [2.45, 2.75) is 0 Å². The zero-order valence-corrected chi connectivity index (χ0v) is 12.1. The van der Waals surface area contributed by atoms with Gasteiger partial charge >= 0.3 is 0 Å². The molecule has 0 N–H and O–H groups in total. The van der Waals surface area contributed by atoms with Gasteiger partial charge in [0.25, 0.3) is 0 Å². The second-order valence-electron chi connectivity index (χ2n) is 4.29. The molecule has 3 rings (SSSR count). The second kappa shape index (κ2) is 5.51. The van der Waals surface area contributed by atoms with E-state index in [0.29, 0.717) is 17.1 Å². The molecule has 2 aromatic rings. The predicted octanol–water partition coefficient (Wildman–Crippen LogP) is 4.07. The average molecular weight is 331 g/mol. The van der Waals surface area contributed by atoms with Gasteiger partial charge < -0.3 is 9.47 Å². The largest absolute Gasteiger partial charge is 0.454 e. The van der Waals surface area contributed by atoms with Crippen LogP contribution in [0.15, 0.2) is 53.0 Å². The highest BCUT2D eigenvalue weighted by atomic mass is 79.9. The van der Waals surface area contributed by atoms with Gasteiger partial charge in [-0.05, 0) is 42.5 Å². The lowest BCUT2D eigenvalue weighted by Crippen LogP contribution is -1.94. The Kier molecular flexibility index (Phi) is 3.56. The van der Waals surface area contributed by atoms with E-state index in [1.165, 1.54) is 0 Å². The fourth-order valence-corrected chi connectivity index (χ4v) is 2.22. The summed E-state index contributed by atoms with van der Waals surface area (Å²) in [6.45, 7) is 0.223. The van der Waals surface area contributed by atoms with E-state index in [0.717, 1.165) is 10.0 Å². The summed E-state index contributed by atoms with van der Waals surface area (Å²) in [7, 11) is 0. The molecule has 1 aliphatic rings. The first-order valence-electron chi connectivity index (χ1n) is 6.10. The quantitative estimate of drug-likeness (QED) is 0.628. The number of carbonyl (C=O) groups is 1. The van der Waals surface area contributed by atoms with Crippen molar-refractivity contribution >= 4 is 27.8 Å². The van der Waals surface area contributed by atoms with Crippen molar-refractivity contribution in [2.24, 2.45) is 0 Å². The predicted molar refractivity (Wildman–Crippen MR) is 80.1 cm³/mol. The van der Waals surface area contributed by atoms with Crippen molar-refractivity contribution in [1.82, 2.24) is 0 Å². The van der Waals surface area contributed by atoms with E-state index in [1.807, 2.05) is 30.3 Å². The number of ether oxygens (including phenoxy) is 2. The minimum absolute atomic E-state index is 0.0472. The highest BCUT2D eigenvalue weighted by Crippen LogP contribution is 2.35. The van der Waals surface area contributed by atoms with Gasteiger partial charge in [-0.15, -0.1) is 0 Å². The van der Waals surface area contributed by atoms with Crippen LogP contribution >= 0.6 is 15.9 Å². The molecule has 2 aromatic carbocycles. The van der Waals surface area contributed by atoms with Gasteiger partial charge in [-0.3, -0.25) is 4.79 Å². The lowest BCUT2D eigenvalue weighted by molar-refractivity contribution is 0.104. The van der Waals surface area contributed by atoms with Crippen LogP contribution in [-0.2, 0) is 0 Å². The summed E-state index contributed by atoms with van der Waals surface area (Å²) in [4.78, 5) is 12.1. The number of halogens is 1. The number of hydrogen-bond acceptors (Lipinski definition) is 3. The molecule has 0 radical (unpaired) electrons. The monoisotopic (exact) mass is 330 g/mol. The minimum Gasteiger partial charge on any atom is -0.454 e. The van der Waals surface area contributed by atoms with E-state index >= 15 is 0 Å². The molecule has 0 spiro atoms. The molecule has 100 valence electrons. The zero-order valence-electron chi connectivity index (χ0n) is 10.5. The van der Waals surface area contributed by atoms with E-state index in [2.05, 4.69) is 15.9 Å². The molecule has 0 aliphatic carbocycles. The van der Waals surface area contributed by atoms with E-state index in [1.54, 1.807) is 24.3 Å². The summed E-state index contributed by atoms with van der Waals surface area (Å²) in [6, 6.07) is 12.9. The Morgan fingerprint density at radius 3 is 2.70 bits per heavy atom. The van der Waals surface area contributed by atoms with Crippen LogP contribution in [0.1, 0.15) is 15.9 Å². The topological polar surface area (TPSA) is 35.5 Å². The van der Waals surface area contributed by atoms with Gasteiger partial charge in [0.2, 0.25) is 6.79 Å². The maximum atomic E-state index is 12.1. The fraction of sp³-hybridized carbons (Fsp3) is 0.0625. The lowest BCUT2D eigenvalue weighted by atomic mass is 10.1. The van der Waals surface area contributed by atoms with Crippen LogP contribution in [0.4, 0.5) is 0 Å². The van der Waals surface area contributed by atoms with E-state index in [4.69, 9.17) is 9.47 Å². The van der Waals surface area contributed by atoms with Crippen LogP contribution < -0.4 is 9.47 Å². The third-order valence-corrected chi connectivity index (χ3v) is 3.50. The zero-order chi connectivity index (χ0) is 13.9. The number of fused-ring (bicyclic) bond motifs is 1. The summed E-state index contributed by atoms with van der Waals surface area (Å²) < 4.78 is 11.6. The van der Waals surface area contributed by atoms with Crippen molar-refractivity contribution in [3.63, 3.8) is 0 Å². The summed E-state index contributed by atoms with van der Waals surface area (Å²) >= 11 is 3.34. The van der Waals surface area contributed by atoms with Gasteiger partial charge in [0, 0.05) is 15.6 Å². The maximum Gasteiger partial charge on any atom is 0.231 e. The Bertz CT molecular complexity index is 675. The number of benzene rings is 2. The average Bonchev–Trinajstić information content (AvgIpc) is 2.94. The third-order valence-electron chi connectivity index (χ3n) is 2.97. The van der Waals surface area contributed by atoms with Crippen molar-refractivity contribution in [3.8, 4) is 11.5 Å². The van der Waals surface area contributed by atoms with Crippen LogP contribution in [0.2, 0.25) is 0 Å². The first kappa shape index (κ1) is 12.9. The molecule has 1 aliphatic heterocycles. The number of para-hydroxylation sites is 1. The number of rotatable bonds is 3. The molecule has 4 heteroatoms. The van der Waals surface area contributed by atoms with Crippen molar-refractivity contribution in [3.05, 3.63) is 64.1 Å². The normalized spacial score (nSPS) is 12.8.